The second-order valence-corrected chi connectivity index (χ2v) is 7.02. The molecule has 1 aliphatic carbocycles. The first kappa shape index (κ1) is 15.1. The van der Waals surface area contributed by atoms with Crippen molar-refractivity contribution in [2.24, 2.45) is 5.92 Å². The molecule has 24 heavy (non-hydrogen) atoms. The lowest BCUT2D eigenvalue weighted by atomic mass is 10.2. The van der Waals surface area contributed by atoms with Gasteiger partial charge in [0, 0.05) is 23.3 Å². The minimum absolute atomic E-state index is 0.220. The van der Waals surface area contributed by atoms with Crippen LogP contribution in [-0.2, 0) is 0 Å². The van der Waals surface area contributed by atoms with Gasteiger partial charge in [-0.3, -0.25) is 14.6 Å². The molecule has 1 fully saturated rings. The Morgan fingerprint density at radius 2 is 2.33 bits per heavy atom. The van der Waals surface area contributed by atoms with Crippen molar-refractivity contribution in [3.63, 3.8) is 0 Å². The number of carbonyl (C=O) groups excluding carboxylic acids is 1. The summed E-state index contributed by atoms with van der Waals surface area (Å²) in [6, 6.07) is 0.376. The molecule has 1 amide bonds. The zero-order valence-corrected chi connectivity index (χ0v) is 14.3. The van der Waals surface area contributed by atoms with E-state index in [4.69, 9.17) is 0 Å². The number of nitrogens with one attached hydrogen (secondary N) is 2. The normalized spacial score (nSPS) is 15.4. The Morgan fingerprint density at radius 1 is 1.50 bits per heavy atom. The Kier molecular flexibility index (Phi) is 3.68. The van der Waals surface area contributed by atoms with Crippen LogP contribution in [0.15, 0.2) is 24.0 Å². The first-order valence-electron chi connectivity index (χ1n) is 7.93. The molecule has 1 aliphatic rings. The molecule has 0 aliphatic heterocycles. The lowest BCUT2D eigenvalue weighted by molar-refractivity contribution is 0.102. The highest BCUT2D eigenvalue weighted by Gasteiger charge is 2.30. The third kappa shape index (κ3) is 2.84. The minimum Gasteiger partial charge on any atom is -0.318 e. The molecule has 3 aromatic heterocycles. The molecule has 124 valence electrons. The van der Waals surface area contributed by atoms with Gasteiger partial charge in [0.25, 0.3) is 5.91 Å². The molecule has 1 saturated carbocycles. The van der Waals surface area contributed by atoms with E-state index in [0.717, 1.165) is 22.0 Å². The zero-order chi connectivity index (χ0) is 16.7. The van der Waals surface area contributed by atoms with Crippen LogP contribution in [0.5, 0.6) is 0 Å². The number of hydrogen-bond acceptors (Lipinski definition) is 5. The average molecular weight is 342 g/mol. The van der Waals surface area contributed by atoms with Crippen LogP contribution in [0.1, 0.15) is 42.0 Å². The van der Waals surface area contributed by atoms with Gasteiger partial charge >= 0.3 is 0 Å². The zero-order valence-electron chi connectivity index (χ0n) is 13.5. The van der Waals surface area contributed by atoms with Gasteiger partial charge < -0.3 is 5.32 Å². The van der Waals surface area contributed by atoms with Gasteiger partial charge in [-0.1, -0.05) is 0 Å². The van der Waals surface area contributed by atoms with E-state index in [1.54, 1.807) is 17.8 Å². The molecule has 3 aromatic rings. The molecule has 0 unspecified atom stereocenters. The number of amides is 1. The van der Waals surface area contributed by atoms with Gasteiger partial charge in [-0.25, -0.2) is 4.98 Å². The van der Waals surface area contributed by atoms with E-state index in [9.17, 15) is 4.79 Å². The predicted octanol–water partition coefficient (Wildman–Crippen LogP) is 3.26. The van der Waals surface area contributed by atoms with Crippen LogP contribution in [0.25, 0.3) is 10.6 Å². The third-order valence-electron chi connectivity index (χ3n) is 4.37. The van der Waals surface area contributed by atoms with Crippen molar-refractivity contribution in [3.05, 3.63) is 35.4 Å². The molecule has 0 saturated heterocycles. The number of nitrogens with zero attached hydrogens (tertiary/aromatic N) is 4. The van der Waals surface area contributed by atoms with Crippen molar-refractivity contribution in [3.8, 4) is 10.6 Å². The number of aromatic nitrogens is 5. The molecule has 0 aromatic carbocycles. The van der Waals surface area contributed by atoms with Crippen molar-refractivity contribution in [2.75, 3.05) is 5.32 Å². The lowest BCUT2D eigenvalue weighted by Gasteiger charge is -2.09. The summed E-state index contributed by atoms with van der Waals surface area (Å²) < 4.78 is 1.96. The van der Waals surface area contributed by atoms with E-state index in [1.807, 2.05) is 17.8 Å². The standard InChI is InChI=1S/C16H18N6OS/c1-9-13(7-22(21-9)10(2)11-3-4-11)19-15(23)14-8-24-16(20-14)12-5-17-18-6-12/h5-8,10-11H,3-4H2,1-2H3,(H,17,18)(H,19,23)/t10-/m1/s1. The van der Waals surface area contributed by atoms with Gasteiger partial charge in [-0.15, -0.1) is 11.3 Å². The Morgan fingerprint density at radius 3 is 3.04 bits per heavy atom. The predicted molar refractivity (Wildman–Crippen MR) is 92.0 cm³/mol. The first-order valence-corrected chi connectivity index (χ1v) is 8.81. The Balaban J connectivity index is 1.50. The quantitative estimate of drug-likeness (QED) is 0.745. The Labute approximate surface area is 143 Å². The SMILES string of the molecule is Cc1nn([C@H](C)C2CC2)cc1NC(=O)c1csc(-c2cn[nH]c2)n1. The maximum atomic E-state index is 12.4. The summed E-state index contributed by atoms with van der Waals surface area (Å²) in [7, 11) is 0. The molecule has 4 rings (SSSR count). The molecule has 7 nitrogen and oxygen atoms in total. The summed E-state index contributed by atoms with van der Waals surface area (Å²) in [5, 5.41) is 16.6. The monoisotopic (exact) mass is 342 g/mol. The fourth-order valence-electron chi connectivity index (χ4n) is 2.67. The molecule has 1 atom stereocenters. The topological polar surface area (TPSA) is 88.5 Å². The second kappa shape index (κ2) is 5.86. The van der Waals surface area contributed by atoms with E-state index in [2.05, 4.69) is 32.5 Å². The van der Waals surface area contributed by atoms with Gasteiger partial charge in [-0.2, -0.15) is 10.2 Å². The van der Waals surface area contributed by atoms with Crippen molar-refractivity contribution in [1.82, 2.24) is 25.0 Å². The fourth-order valence-corrected chi connectivity index (χ4v) is 3.45. The van der Waals surface area contributed by atoms with Gasteiger partial charge in [0.2, 0.25) is 0 Å². The highest BCUT2D eigenvalue weighted by Crippen LogP contribution is 2.39. The van der Waals surface area contributed by atoms with Crippen LogP contribution >= 0.6 is 11.3 Å². The highest BCUT2D eigenvalue weighted by molar-refractivity contribution is 7.13. The minimum atomic E-state index is -0.220. The largest absolute Gasteiger partial charge is 0.318 e. The molecule has 0 bridgehead atoms. The fraction of sp³-hybridized carbons (Fsp3) is 0.375. The summed E-state index contributed by atoms with van der Waals surface area (Å²) in [6.07, 6.45) is 7.89. The van der Waals surface area contributed by atoms with Crippen LogP contribution in [0, 0.1) is 12.8 Å². The van der Waals surface area contributed by atoms with Crippen molar-refractivity contribution >= 4 is 22.9 Å². The van der Waals surface area contributed by atoms with Crippen LogP contribution < -0.4 is 5.32 Å². The van der Waals surface area contributed by atoms with Gasteiger partial charge in [0.05, 0.1) is 23.6 Å². The number of carbonyl (C=O) groups is 1. The molecular weight excluding hydrogens is 324 g/mol. The summed E-state index contributed by atoms with van der Waals surface area (Å²) in [5.74, 6) is 0.492. The number of rotatable bonds is 5. The number of H-pyrrole nitrogens is 1. The van der Waals surface area contributed by atoms with Crippen LogP contribution in [0.2, 0.25) is 0 Å². The maximum Gasteiger partial charge on any atom is 0.275 e. The lowest BCUT2D eigenvalue weighted by Crippen LogP contribution is -2.12. The molecule has 8 heteroatoms. The van der Waals surface area contributed by atoms with E-state index in [-0.39, 0.29) is 5.91 Å². The van der Waals surface area contributed by atoms with E-state index in [0.29, 0.717) is 17.7 Å². The van der Waals surface area contributed by atoms with E-state index < -0.39 is 0 Å². The highest BCUT2D eigenvalue weighted by atomic mass is 32.1. The summed E-state index contributed by atoms with van der Waals surface area (Å²) in [6.45, 7) is 4.08. The number of hydrogen-bond donors (Lipinski definition) is 2. The summed E-state index contributed by atoms with van der Waals surface area (Å²) in [4.78, 5) is 16.8. The average Bonchev–Trinajstić information content (AvgIpc) is 2.98. The van der Waals surface area contributed by atoms with Crippen LogP contribution in [0.4, 0.5) is 5.69 Å². The first-order chi connectivity index (χ1) is 11.6. The van der Waals surface area contributed by atoms with Crippen molar-refractivity contribution in [1.29, 1.82) is 0 Å². The van der Waals surface area contributed by atoms with Crippen LogP contribution in [0.3, 0.4) is 0 Å². The molecular formula is C16H18N6OS. The smallest absolute Gasteiger partial charge is 0.275 e. The van der Waals surface area contributed by atoms with Crippen molar-refractivity contribution < 1.29 is 4.79 Å². The van der Waals surface area contributed by atoms with Crippen molar-refractivity contribution in [2.45, 2.75) is 32.7 Å². The maximum absolute atomic E-state index is 12.4. The number of anilines is 1. The van der Waals surface area contributed by atoms with Gasteiger partial charge in [0.15, 0.2) is 0 Å². The number of thiazole rings is 1. The van der Waals surface area contributed by atoms with E-state index in [1.165, 1.54) is 24.2 Å². The van der Waals surface area contributed by atoms with Gasteiger partial charge in [-0.05, 0) is 32.6 Å². The van der Waals surface area contributed by atoms with E-state index >= 15 is 0 Å². The molecule has 0 radical (unpaired) electrons. The van der Waals surface area contributed by atoms with Crippen LogP contribution in [-0.4, -0.2) is 30.9 Å². The molecule has 2 N–H and O–H groups in total. The Bertz CT molecular complexity index is 861. The molecule has 0 spiro atoms. The second-order valence-electron chi connectivity index (χ2n) is 6.17. The van der Waals surface area contributed by atoms with Gasteiger partial charge in [0.1, 0.15) is 10.7 Å². The number of aromatic amines is 1. The summed E-state index contributed by atoms with van der Waals surface area (Å²) >= 11 is 1.42. The number of aryl methyl sites for hydroxylation is 1. The molecule has 3 heterocycles. The summed E-state index contributed by atoms with van der Waals surface area (Å²) in [5.41, 5.74) is 2.84. The third-order valence-corrected chi connectivity index (χ3v) is 5.26. The Hall–Kier alpha value is -2.48.